The van der Waals surface area contributed by atoms with Crippen LogP contribution in [-0.4, -0.2) is 51.1 Å². The molecule has 0 spiro atoms. The van der Waals surface area contributed by atoms with Crippen LogP contribution in [0.4, 0.5) is 0 Å². The van der Waals surface area contributed by atoms with Crippen LogP contribution in [0.5, 0.6) is 0 Å². The molecule has 0 N–H and O–H groups in total. The molecule has 0 heterocycles. The van der Waals surface area contributed by atoms with Crippen molar-refractivity contribution in [2.45, 2.75) is 46.6 Å². The summed E-state index contributed by atoms with van der Waals surface area (Å²) < 4.78 is 21.4. The van der Waals surface area contributed by atoms with Crippen LogP contribution in [-0.2, 0) is 18.9 Å². The third kappa shape index (κ3) is 7.54. The summed E-state index contributed by atoms with van der Waals surface area (Å²) in [7, 11) is 0. The Labute approximate surface area is 155 Å². The van der Waals surface area contributed by atoms with Gasteiger partial charge in [-0.05, 0) is 39.3 Å². The molecule has 0 bridgehead atoms. The number of hydrogen-bond acceptors (Lipinski definition) is 6. The van der Waals surface area contributed by atoms with Crippen LogP contribution < -0.4 is 0 Å². The van der Waals surface area contributed by atoms with Gasteiger partial charge in [-0.1, -0.05) is 25.0 Å². The lowest BCUT2D eigenvalue weighted by Gasteiger charge is -2.18. The molecule has 0 atom stereocenters. The Morgan fingerprint density at radius 1 is 0.962 bits per heavy atom. The lowest BCUT2D eigenvalue weighted by atomic mass is 10.0. The fourth-order valence-corrected chi connectivity index (χ4v) is 2.22. The molecule has 0 aliphatic heterocycles. The molecule has 146 valence electrons. The molecule has 6 heteroatoms. The van der Waals surface area contributed by atoms with Crippen LogP contribution in [0.1, 0.15) is 59.9 Å². The highest BCUT2D eigenvalue weighted by molar-refractivity contribution is 6.03. The summed E-state index contributed by atoms with van der Waals surface area (Å²) in [5.74, 6) is -1.10. The Bertz CT molecular complexity index is 561. The lowest BCUT2D eigenvalue weighted by Crippen LogP contribution is -2.29. The van der Waals surface area contributed by atoms with Crippen molar-refractivity contribution in [2.24, 2.45) is 0 Å². The molecule has 0 aliphatic carbocycles. The molecule has 0 aromatic heterocycles. The van der Waals surface area contributed by atoms with Crippen LogP contribution in [0.25, 0.3) is 0 Å². The summed E-state index contributed by atoms with van der Waals surface area (Å²) in [5.41, 5.74) is 1.27. The SMILES string of the molecule is CCCCOC(=O)c1cc(C)ccc1C(=O)OC(COCC)COCC. The van der Waals surface area contributed by atoms with E-state index in [9.17, 15) is 9.59 Å². The van der Waals surface area contributed by atoms with Crippen LogP contribution in [0.15, 0.2) is 18.2 Å². The monoisotopic (exact) mass is 366 g/mol. The molecular weight excluding hydrogens is 336 g/mol. The summed E-state index contributed by atoms with van der Waals surface area (Å²) in [6, 6.07) is 5.00. The zero-order valence-electron chi connectivity index (χ0n) is 16.2. The topological polar surface area (TPSA) is 71.1 Å². The average molecular weight is 366 g/mol. The second kappa shape index (κ2) is 12.4. The minimum atomic E-state index is -0.586. The first-order valence-corrected chi connectivity index (χ1v) is 9.17. The van der Waals surface area contributed by atoms with E-state index in [2.05, 4.69) is 0 Å². The maximum absolute atomic E-state index is 12.6. The Balaban J connectivity index is 2.90. The second-order valence-electron chi connectivity index (χ2n) is 5.88. The first kappa shape index (κ1) is 22.1. The van der Waals surface area contributed by atoms with Gasteiger partial charge in [-0.2, -0.15) is 0 Å². The van der Waals surface area contributed by atoms with Gasteiger partial charge >= 0.3 is 11.9 Å². The van der Waals surface area contributed by atoms with E-state index >= 15 is 0 Å². The van der Waals surface area contributed by atoms with E-state index in [1.807, 2.05) is 27.7 Å². The fraction of sp³-hybridized carbons (Fsp3) is 0.600. The first-order valence-electron chi connectivity index (χ1n) is 9.17. The number of aryl methyl sites for hydroxylation is 1. The molecule has 0 amide bonds. The lowest BCUT2D eigenvalue weighted by molar-refractivity contribution is -0.0364. The molecule has 0 radical (unpaired) electrons. The molecule has 1 rings (SSSR count). The number of ether oxygens (including phenoxy) is 4. The summed E-state index contributed by atoms with van der Waals surface area (Å²) in [6.45, 7) is 9.43. The zero-order chi connectivity index (χ0) is 19.4. The number of esters is 2. The summed E-state index contributed by atoms with van der Waals surface area (Å²) in [4.78, 5) is 25.0. The molecule has 0 saturated carbocycles. The predicted molar refractivity (Wildman–Crippen MR) is 98.6 cm³/mol. The van der Waals surface area contributed by atoms with E-state index in [1.165, 1.54) is 0 Å². The highest BCUT2D eigenvalue weighted by Crippen LogP contribution is 2.16. The molecule has 0 aliphatic rings. The summed E-state index contributed by atoms with van der Waals surface area (Å²) in [5, 5.41) is 0. The van der Waals surface area contributed by atoms with Gasteiger partial charge in [0.25, 0.3) is 0 Å². The van der Waals surface area contributed by atoms with Crippen molar-refractivity contribution in [3.05, 3.63) is 34.9 Å². The van der Waals surface area contributed by atoms with Gasteiger partial charge < -0.3 is 18.9 Å². The van der Waals surface area contributed by atoms with Gasteiger partial charge in [-0.3, -0.25) is 0 Å². The van der Waals surface area contributed by atoms with E-state index in [4.69, 9.17) is 18.9 Å². The van der Waals surface area contributed by atoms with Crippen molar-refractivity contribution in [1.29, 1.82) is 0 Å². The number of carbonyl (C=O) groups is 2. The molecular formula is C20H30O6. The summed E-state index contributed by atoms with van der Waals surface area (Å²) in [6.07, 6.45) is 1.17. The smallest absolute Gasteiger partial charge is 0.339 e. The quantitative estimate of drug-likeness (QED) is 0.416. The molecule has 6 nitrogen and oxygen atoms in total. The normalized spacial score (nSPS) is 10.8. The largest absolute Gasteiger partial charge is 0.462 e. The Morgan fingerprint density at radius 2 is 1.62 bits per heavy atom. The second-order valence-corrected chi connectivity index (χ2v) is 5.88. The minimum Gasteiger partial charge on any atom is -0.462 e. The maximum Gasteiger partial charge on any atom is 0.339 e. The molecule has 1 aromatic rings. The van der Waals surface area contributed by atoms with Crippen molar-refractivity contribution in [3.8, 4) is 0 Å². The first-order chi connectivity index (χ1) is 12.5. The van der Waals surface area contributed by atoms with Crippen molar-refractivity contribution in [3.63, 3.8) is 0 Å². The van der Waals surface area contributed by atoms with Crippen molar-refractivity contribution >= 4 is 11.9 Å². The Hall–Kier alpha value is -1.92. The molecule has 26 heavy (non-hydrogen) atoms. The molecule has 1 aromatic carbocycles. The molecule has 0 fully saturated rings. The highest BCUT2D eigenvalue weighted by Gasteiger charge is 2.23. The van der Waals surface area contributed by atoms with Gasteiger partial charge in [0.05, 0.1) is 30.9 Å². The van der Waals surface area contributed by atoms with Gasteiger partial charge in [-0.15, -0.1) is 0 Å². The van der Waals surface area contributed by atoms with Crippen LogP contribution in [0.3, 0.4) is 0 Å². The number of hydrogen-bond donors (Lipinski definition) is 0. The third-order valence-electron chi connectivity index (χ3n) is 3.64. The number of rotatable bonds is 12. The van der Waals surface area contributed by atoms with E-state index in [-0.39, 0.29) is 24.3 Å². The minimum absolute atomic E-state index is 0.190. The number of benzene rings is 1. The summed E-state index contributed by atoms with van der Waals surface area (Å²) >= 11 is 0. The van der Waals surface area contributed by atoms with Gasteiger partial charge in [0, 0.05) is 13.2 Å². The fourth-order valence-electron chi connectivity index (χ4n) is 2.22. The van der Waals surface area contributed by atoms with Crippen molar-refractivity contribution < 1.29 is 28.5 Å². The standard InChI is InChI=1S/C20H30O6/c1-5-8-11-25-19(21)18-12-15(4)9-10-17(18)20(22)26-16(13-23-6-2)14-24-7-3/h9-10,12,16H,5-8,11,13-14H2,1-4H3. The van der Waals surface area contributed by atoms with Gasteiger partial charge in [0.1, 0.15) is 6.10 Å². The number of unbranched alkanes of at least 4 members (excludes halogenated alkanes) is 1. The highest BCUT2D eigenvalue weighted by atomic mass is 16.6. The Kier molecular flexibility index (Phi) is 10.6. The molecule has 0 unspecified atom stereocenters. The van der Waals surface area contributed by atoms with E-state index in [1.54, 1.807) is 18.2 Å². The van der Waals surface area contributed by atoms with Crippen LogP contribution in [0.2, 0.25) is 0 Å². The van der Waals surface area contributed by atoms with Gasteiger partial charge in [0.15, 0.2) is 0 Å². The van der Waals surface area contributed by atoms with Gasteiger partial charge in [-0.25, -0.2) is 9.59 Å². The number of carbonyl (C=O) groups excluding carboxylic acids is 2. The van der Waals surface area contributed by atoms with Crippen LogP contribution >= 0.6 is 0 Å². The average Bonchev–Trinajstić information content (AvgIpc) is 2.63. The van der Waals surface area contributed by atoms with Crippen molar-refractivity contribution in [2.75, 3.05) is 33.0 Å². The maximum atomic E-state index is 12.6. The predicted octanol–water partition coefficient (Wildman–Crippen LogP) is 3.55. The van der Waals surface area contributed by atoms with E-state index in [0.717, 1.165) is 18.4 Å². The van der Waals surface area contributed by atoms with Gasteiger partial charge in [0.2, 0.25) is 0 Å². The van der Waals surface area contributed by atoms with E-state index in [0.29, 0.717) is 19.8 Å². The zero-order valence-corrected chi connectivity index (χ0v) is 16.2. The van der Waals surface area contributed by atoms with Crippen LogP contribution in [0, 0.1) is 6.92 Å². The molecule has 0 saturated heterocycles. The Morgan fingerprint density at radius 3 is 2.19 bits per heavy atom. The third-order valence-corrected chi connectivity index (χ3v) is 3.64. The van der Waals surface area contributed by atoms with Crippen molar-refractivity contribution in [1.82, 2.24) is 0 Å². The van der Waals surface area contributed by atoms with E-state index < -0.39 is 18.0 Å².